The minimum Gasteiger partial charge on any atom is -0.258 e. The van der Waals surface area contributed by atoms with Gasteiger partial charge in [-0.1, -0.05) is 26.8 Å². The summed E-state index contributed by atoms with van der Waals surface area (Å²) in [5.41, 5.74) is 2.07. The molecule has 0 bridgehead atoms. The number of nitro benzene ring substituents is 1. The molecule has 14 heavy (non-hydrogen) atoms. The lowest BCUT2D eigenvalue weighted by atomic mass is 9.86. The fourth-order valence-corrected chi connectivity index (χ4v) is 1.30. The van der Waals surface area contributed by atoms with Crippen molar-refractivity contribution >= 4 is 5.69 Å². The van der Waals surface area contributed by atoms with E-state index in [1.54, 1.807) is 12.1 Å². The summed E-state index contributed by atoms with van der Waals surface area (Å²) >= 11 is 0. The van der Waals surface area contributed by atoms with Crippen molar-refractivity contribution in [3.8, 4) is 0 Å². The van der Waals surface area contributed by atoms with Gasteiger partial charge in [0.25, 0.3) is 5.69 Å². The summed E-state index contributed by atoms with van der Waals surface area (Å²) in [6.07, 6.45) is 0. The number of rotatable bonds is 1. The Morgan fingerprint density at radius 1 is 1.21 bits per heavy atom. The zero-order valence-electron chi connectivity index (χ0n) is 9.00. The molecule has 3 heteroatoms. The van der Waals surface area contributed by atoms with Crippen molar-refractivity contribution in [1.82, 2.24) is 0 Å². The maximum absolute atomic E-state index is 10.6. The topological polar surface area (TPSA) is 43.1 Å². The lowest BCUT2D eigenvalue weighted by Crippen LogP contribution is -2.11. The van der Waals surface area contributed by atoms with E-state index >= 15 is 0 Å². The first kappa shape index (κ1) is 10.7. The van der Waals surface area contributed by atoms with E-state index in [4.69, 9.17) is 0 Å². The van der Waals surface area contributed by atoms with Crippen molar-refractivity contribution in [3.05, 3.63) is 39.4 Å². The van der Waals surface area contributed by atoms with Crippen LogP contribution in [0.25, 0.3) is 0 Å². The van der Waals surface area contributed by atoms with Crippen LogP contribution in [0.15, 0.2) is 18.2 Å². The normalized spacial score (nSPS) is 11.4. The summed E-state index contributed by atoms with van der Waals surface area (Å²) in [5.74, 6) is 0. The Morgan fingerprint density at radius 2 is 1.79 bits per heavy atom. The summed E-state index contributed by atoms with van der Waals surface area (Å²) in [7, 11) is 0. The monoisotopic (exact) mass is 193 g/mol. The molecule has 0 saturated carbocycles. The molecule has 1 aromatic rings. The van der Waals surface area contributed by atoms with Gasteiger partial charge in [0.2, 0.25) is 0 Å². The van der Waals surface area contributed by atoms with Gasteiger partial charge in [-0.15, -0.1) is 0 Å². The molecule has 0 aliphatic carbocycles. The fraction of sp³-hybridized carbons (Fsp3) is 0.455. The van der Waals surface area contributed by atoms with Crippen molar-refractivity contribution in [3.63, 3.8) is 0 Å². The van der Waals surface area contributed by atoms with Crippen LogP contribution in [0.5, 0.6) is 0 Å². The smallest absolute Gasteiger partial charge is 0.258 e. The van der Waals surface area contributed by atoms with Gasteiger partial charge in [0.05, 0.1) is 4.92 Å². The Kier molecular flexibility index (Phi) is 2.60. The van der Waals surface area contributed by atoms with Crippen LogP contribution in [0, 0.1) is 17.0 Å². The predicted molar refractivity (Wildman–Crippen MR) is 56.5 cm³/mol. The van der Waals surface area contributed by atoms with Crippen molar-refractivity contribution in [2.24, 2.45) is 0 Å². The zero-order valence-corrected chi connectivity index (χ0v) is 9.00. The quantitative estimate of drug-likeness (QED) is 0.507. The molecule has 0 aliphatic rings. The SMILES string of the molecule is Cc1cc([N+](=O)[O-])cc(C(C)(C)C)c1. The van der Waals surface area contributed by atoms with Crippen LogP contribution in [0.4, 0.5) is 5.69 Å². The predicted octanol–water partition coefficient (Wildman–Crippen LogP) is 3.20. The van der Waals surface area contributed by atoms with Crippen molar-refractivity contribution < 1.29 is 4.92 Å². The Hall–Kier alpha value is -1.38. The molecule has 0 aliphatic heterocycles. The number of nitro groups is 1. The van der Waals surface area contributed by atoms with Crippen LogP contribution in [-0.2, 0) is 5.41 Å². The number of hydrogen-bond acceptors (Lipinski definition) is 2. The molecule has 0 fully saturated rings. The molecular weight excluding hydrogens is 178 g/mol. The Labute approximate surface area is 83.9 Å². The molecule has 3 nitrogen and oxygen atoms in total. The van der Waals surface area contributed by atoms with Crippen molar-refractivity contribution in [2.45, 2.75) is 33.1 Å². The van der Waals surface area contributed by atoms with Crippen LogP contribution in [0.2, 0.25) is 0 Å². The third-order valence-electron chi connectivity index (χ3n) is 2.14. The first-order valence-electron chi connectivity index (χ1n) is 4.57. The van der Waals surface area contributed by atoms with Crippen molar-refractivity contribution in [2.75, 3.05) is 0 Å². The van der Waals surface area contributed by atoms with Crippen LogP contribution in [0.1, 0.15) is 31.9 Å². The van der Waals surface area contributed by atoms with E-state index in [9.17, 15) is 10.1 Å². The molecule has 1 rings (SSSR count). The van der Waals surface area contributed by atoms with Gasteiger partial charge >= 0.3 is 0 Å². The first-order valence-corrected chi connectivity index (χ1v) is 4.57. The van der Waals surface area contributed by atoms with Gasteiger partial charge < -0.3 is 0 Å². The zero-order chi connectivity index (χ0) is 10.9. The minimum atomic E-state index is -0.345. The van der Waals surface area contributed by atoms with Gasteiger partial charge in [0.1, 0.15) is 0 Å². The molecule has 0 saturated heterocycles. The summed E-state index contributed by atoms with van der Waals surface area (Å²) in [6, 6.07) is 5.23. The third-order valence-corrected chi connectivity index (χ3v) is 2.14. The summed E-state index contributed by atoms with van der Waals surface area (Å²) in [5, 5.41) is 10.6. The highest BCUT2D eigenvalue weighted by molar-refractivity contribution is 5.41. The van der Waals surface area contributed by atoms with Crippen LogP contribution < -0.4 is 0 Å². The standard InChI is InChI=1S/C11H15NO2/c1-8-5-9(11(2,3)4)7-10(6-8)12(13)14/h5-7H,1-4H3. The molecule has 76 valence electrons. The minimum absolute atomic E-state index is 0.0449. The highest BCUT2D eigenvalue weighted by Crippen LogP contribution is 2.27. The van der Waals surface area contributed by atoms with Gasteiger partial charge in [-0.05, 0) is 23.5 Å². The Bertz CT molecular complexity index is 364. The Morgan fingerprint density at radius 3 is 2.21 bits per heavy atom. The van der Waals surface area contributed by atoms with Gasteiger partial charge in [0, 0.05) is 12.1 Å². The summed E-state index contributed by atoms with van der Waals surface area (Å²) < 4.78 is 0. The second-order valence-corrected chi connectivity index (χ2v) is 4.56. The lowest BCUT2D eigenvalue weighted by molar-refractivity contribution is -0.385. The number of hydrogen-bond donors (Lipinski definition) is 0. The van der Waals surface area contributed by atoms with E-state index in [1.807, 2.05) is 33.8 Å². The second kappa shape index (κ2) is 3.40. The molecule has 0 heterocycles. The van der Waals surface area contributed by atoms with Crippen LogP contribution in [-0.4, -0.2) is 4.92 Å². The van der Waals surface area contributed by atoms with Gasteiger partial charge in [-0.3, -0.25) is 10.1 Å². The third kappa shape index (κ3) is 2.31. The van der Waals surface area contributed by atoms with E-state index in [0.29, 0.717) is 0 Å². The molecule has 0 amide bonds. The van der Waals surface area contributed by atoms with E-state index in [1.165, 1.54) is 0 Å². The van der Waals surface area contributed by atoms with Crippen LogP contribution in [0.3, 0.4) is 0 Å². The first-order chi connectivity index (χ1) is 6.30. The molecule has 0 radical (unpaired) electrons. The highest BCUT2D eigenvalue weighted by atomic mass is 16.6. The van der Waals surface area contributed by atoms with E-state index in [-0.39, 0.29) is 16.0 Å². The number of benzene rings is 1. The van der Waals surface area contributed by atoms with E-state index in [2.05, 4.69) is 0 Å². The average Bonchev–Trinajstić information content (AvgIpc) is 2.01. The van der Waals surface area contributed by atoms with Gasteiger partial charge in [-0.25, -0.2) is 0 Å². The molecule has 0 aromatic heterocycles. The van der Waals surface area contributed by atoms with Crippen molar-refractivity contribution in [1.29, 1.82) is 0 Å². The molecular formula is C11H15NO2. The van der Waals surface area contributed by atoms with E-state index in [0.717, 1.165) is 11.1 Å². The van der Waals surface area contributed by atoms with Crippen LogP contribution >= 0.6 is 0 Å². The average molecular weight is 193 g/mol. The van der Waals surface area contributed by atoms with Gasteiger partial charge in [-0.2, -0.15) is 0 Å². The number of aryl methyl sites for hydroxylation is 1. The summed E-state index contributed by atoms with van der Waals surface area (Å²) in [6.45, 7) is 8.02. The Balaban J connectivity index is 3.28. The molecule has 0 N–H and O–H groups in total. The maximum atomic E-state index is 10.6. The fourth-order valence-electron chi connectivity index (χ4n) is 1.30. The second-order valence-electron chi connectivity index (χ2n) is 4.56. The highest BCUT2D eigenvalue weighted by Gasteiger charge is 2.17. The van der Waals surface area contributed by atoms with E-state index < -0.39 is 0 Å². The number of non-ortho nitro benzene ring substituents is 1. The summed E-state index contributed by atoms with van der Waals surface area (Å²) in [4.78, 5) is 10.3. The van der Waals surface area contributed by atoms with Gasteiger partial charge in [0.15, 0.2) is 0 Å². The molecule has 0 atom stereocenters. The molecule has 0 unspecified atom stereocenters. The number of nitrogens with zero attached hydrogens (tertiary/aromatic N) is 1. The molecule has 1 aromatic carbocycles. The molecule has 0 spiro atoms. The lowest BCUT2D eigenvalue weighted by Gasteiger charge is -2.19. The maximum Gasteiger partial charge on any atom is 0.269 e. The largest absolute Gasteiger partial charge is 0.269 e.